The van der Waals surface area contributed by atoms with Crippen molar-refractivity contribution in [2.24, 2.45) is 0 Å². The smallest absolute Gasteiger partial charge is 0.415 e. The fourth-order valence-electron chi connectivity index (χ4n) is 2.15. The molecule has 1 N–H and O–H groups in total. The molecule has 1 aliphatic rings. The van der Waals surface area contributed by atoms with E-state index < -0.39 is 28.2 Å². The Labute approximate surface area is 143 Å². The summed E-state index contributed by atoms with van der Waals surface area (Å²) in [4.78, 5) is 36.9. The van der Waals surface area contributed by atoms with E-state index >= 15 is 0 Å². The highest BCUT2D eigenvalue weighted by atomic mass is 16.6. The van der Waals surface area contributed by atoms with E-state index in [0.29, 0.717) is 0 Å². The number of esters is 1. The van der Waals surface area contributed by atoms with Gasteiger partial charge in [-0.15, -0.1) is 0 Å². The van der Waals surface area contributed by atoms with Crippen LogP contribution in [0.3, 0.4) is 0 Å². The normalized spacial score (nSPS) is 18.9. The fourth-order valence-corrected chi connectivity index (χ4v) is 2.15. The molecule has 1 unspecified atom stereocenters. The van der Waals surface area contributed by atoms with Gasteiger partial charge in [0, 0.05) is 4.98 Å². The minimum Gasteiger partial charge on any atom is -0.459 e. The SMILES string of the molecule is CC(C)(C)OC(=O)CNC(=O)OCC1(C)Cn2cc([N+](=O)[O-])nc2O1. The third-order valence-electron chi connectivity index (χ3n) is 3.06. The summed E-state index contributed by atoms with van der Waals surface area (Å²) in [7, 11) is 0. The van der Waals surface area contributed by atoms with Crippen molar-refractivity contribution in [3.05, 3.63) is 16.3 Å². The summed E-state index contributed by atoms with van der Waals surface area (Å²) >= 11 is 0. The summed E-state index contributed by atoms with van der Waals surface area (Å²) in [6.45, 7) is 6.63. The van der Waals surface area contributed by atoms with Gasteiger partial charge in [0.05, 0.1) is 6.54 Å². The van der Waals surface area contributed by atoms with Gasteiger partial charge in [0.1, 0.15) is 24.9 Å². The molecule has 138 valence electrons. The van der Waals surface area contributed by atoms with E-state index in [4.69, 9.17) is 14.2 Å². The molecule has 11 nitrogen and oxygen atoms in total. The molecule has 0 saturated heterocycles. The number of hydrogen-bond acceptors (Lipinski definition) is 8. The zero-order chi connectivity index (χ0) is 18.8. The molecule has 2 rings (SSSR count). The molecule has 0 fully saturated rings. The van der Waals surface area contributed by atoms with Crippen molar-refractivity contribution in [3.63, 3.8) is 0 Å². The Morgan fingerprint density at radius 3 is 2.76 bits per heavy atom. The van der Waals surface area contributed by atoms with E-state index in [-0.39, 0.29) is 31.5 Å². The van der Waals surface area contributed by atoms with Crippen LogP contribution >= 0.6 is 0 Å². The average Bonchev–Trinajstić information content (AvgIpc) is 2.96. The summed E-state index contributed by atoms with van der Waals surface area (Å²) in [6, 6.07) is 0.0898. The molecule has 25 heavy (non-hydrogen) atoms. The Morgan fingerprint density at radius 1 is 1.52 bits per heavy atom. The third kappa shape index (κ3) is 5.06. The highest BCUT2D eigenvalue weighted by Crippen LogP contribution is 2.30. The van der Waals surface area contributed by atoms with Gasteiger partial charge in [0.15, 0.2) is 5.60 Å². The Balaban J connectivity index is 1.77. The largest absolute Gasteiger partial charge is 0.459 e. The van der Waals surface area contributed by atoms with Crippen molar-refractivity contribution in [2.75, 3.05) is 13.2 Å². The molecule has 0 spiro atoms. The lowest BCUT2D eigenvalue weighted by Crippen LogP contribution is -2.41. The molecule has 1 amide bonds. The molecule has 1 aromatic heterocycles. The standard InChI is InChI=1S/C14H20N4O7/c1-13(2,3)24-10(19)5-15-12(20)23-8-14(4)7-17-6-9(18(21)22)16-11(17)25-14/h6H,5,7-8H2,1-4H3,(H,15,20). The molecule has 0 bridgehead atoms. The van der Waals surface area contributed by atoms with Crippen molar-refractivity contribution in [1.29, 1.82) is 0 Å². The third-order valence-corrected chi connectivity index (χ3v) is 3.06. The second-order valence-electron chi connectivity index (χ2n) is 6.83. The van der Waals surface area contributed by atoms with Crippen LogP contribution in [0.5, 0.6) is 6.01 Å². The van der Waals surface area contributed by atoms with Gasteiger partial charge in [-0.05, 0) is 32.6 Å². The van der Waals surface area contributed by atoms with E-state index in [1.165, 1.54) is 10.8 Å². The summed E-state index contributed by atoms with van der Waals surface area (Å²) in [5.41, 5.74) is -1.54. The van der Waals surface area contributed by atoms with Gasteiger partial charge < -0.3 is 29.6 Å². The van der Waals surface area contributed by atoms with E-state index in [1.54, 1.807) is 27.7 Å². The summed E-state index contributed by atoms with van der Waals surface area (Å²) in [5.74, 6) is -0.895. The Bertz CT molecular complexity index is 668. The zero-order valence-corrected chi connectivity index (χ0v) is 14.4. The molecule has 1 aliphatic heterocycles. The van der Waals surface area contributed by atoms with Gasteiger partial charge in [-0.2, -0.15) is 0 Å². The second kappa shape index (κ2) is 6.57. The molecule has 0 aliphatic carbocycles. The number of alkyl carbamates (subject to hydrolysis) is 1. The van der Waals surface area contributed by atoms with E-state index in [1.807, 2.05) is 0 Å². The number of imidazole rings is 1. The maximum atomic E-state index is 11.7. The molecular weight excluding hydrogens is 336 g/mol. The molecule has 0 saturated carbocycles. The van der Waals surface area contributed by atoms with Gasteiger partial charge in [0.2, 0.25) is 0 Å². The van der Waals surface area contributed by atoms with Crippen molar-refractivity contribution in [2.45, 2.75) is 45.4 Å². The topological polar surface area (TPSA) is 135 Å². The quantitative estimate of drug-likeness (QED) is 0.469. The predicted octanol–water partition coefficient (Wildman–Crippen LogP) is 1.01. The number of carbonyl (C=O) groups excluding carboxylic acids is 2. The van der Waals surface area contributed by atoms with E-state index in [2.05, 4.69) is 10.3 Å². The maximum Gasteiger partial charge on any atom is 0.415 e. The van der Waals surface area contributed by atoms with Crippen LogP contribution in [0, 0.1) is 10.1 Å². The van der Waals surface area contributed by atoms with Crippen LogP contribution in [0.15, 0.2) is 6.20 Å². The number of hydrogen-bond donors (Lipinski definition) is 1. The van der Waals surface area contributed by atoms with Crippen LogP contribution in [0.4, 0.5) is 10.6 Å². The first-order chi connectivity index (χ1) is 11.5. The number of fused-ring (bicyclic) bond motifs is 1. The number of carbonyl (C=O) groups is 2. The molecule has 1 aromatic rings. The van der Waals surface area contributed by atoms with Gasteiger partial charge >= 0.3 is 23.9 Å². The molecule has 0 radical (unpaired) electrons. The monoisotopic (exact) mass is 356 g/mol. The van der Waals surface area contributed by atoms with Crippen molar-refractivity contribution < 1.29 is 28.7 Å². The van der Waals surface area contributed by atoms with E-state index in [9.17, 15) is 19.7 Å². The zero-order valence-electron chi connectivity index (χ0n) is 14.4. The van der Waals surface area contributed by atoms with E-state index in [0.717, 1.165) is 0 Å². The number of nitrogens with one attached hydrogen (secondary N) is 1. The molecular formula is C14H20N4O7. The lowest BCUT2D eigenvalue weighted by molar-refractivity contribution is -0.389. The van der Waals surface area contributed by atoms with Gasteiger partial charge in [-0.25, -0.2) is 4.79 Å². The van der Waals surface area contributed by atoms with Crippen molar-refractivity contribution in [1.82, 2.24) is 14.9 Å². The van der Waals surface area contributed by atoms with Crippen molar-refractivity contribution in [3.8, 4) is 6.01 Å². The molecule has 2 heterocycles. The van der Waals surface area contributed by atoms with Gasteiger partial charge in [-0.1, -0.05) is 0 Å². The maximum absolute atomic E-state index is 11.7. The van der Waals surface area contributed by atoms with Gasteiger partial charge in [0.25, 0.3) is 0 Å². The first-order valence-corrected chi connectivity index (χ1v) is 7.50. The Morgan fingerprint density at radius 2 is 2.20 bits per heavy atom. The Kier molecular flexibility index (Phi) is 4.86. The first kappa shape index (κ1) is 18.5. The minimum absolute atomic E-state index is 0.0898. The lowest BCUT2D eigenvalue weighted by Gasteiger charge is -2.22. The number of ether oxygens (including phenoxy) is 3. The number of rotatable bonds is 5. The van der Waals surface area contributed by atoms with Crippen LogP contribution in [-0.4, -0.2) is 50.9 Å². The molecule has 1 atom stereocenters. The van der Waals surface area contributed by atoms with Crippen LogP contribution in [0.25, 0.3) is 0 Å². The second-order valence-corrected chi connectivity index (χ2v) is 6.83. The highest BCUT2D eigenvalue weighted by Gasteiger charge is 2.41. The molecule has 0 aromatic carbocycles. The number of amides is 1. The number of nitrogens with zero attached hydrogens (tertiary/aromatic N) is 3. The number of nitro groups is 1. The highest BCUT2D eigenvalue weighted by molar-refractivity contribution is 5.78. The summed E-state index contributed by atoms with van der Waals surface area (Å²) in [5, 5.41) is 12.9. The lowest BCUT2D eigenvalue weighted by atomic mass is 10.1. The molecule has 11 heteroatoms. The predicted molar refractivity (Wildman–Crippen MR) is 83.1 cm³/mol. The van der Waals surface area contributed by atoms with Crippen LogP contribution in [0.2, 0.25) is 0 Å². The number of aromatic nitrogens is 2. The van der Waals surface area contributed by atoms with Crippen LogP contribution < -0.4 is 10.1 Å². The summed E-state index contributed by atoms with van der Waals surface area (Å²) < 4.78 is 17.1. The first-order valence-electron chi connectivity index (χ1n) is 7.50. The minimum atomic E-state index is -0.902. The Hall–Kier alpha value is -2.85. The van der Waals surface area contributed by atoms with Crippen LogP contribution in [-0.2, 0) is 20.8 Å². The average molecular weight is 356 g/mol. The van der Waals surface area contributed by atoms with Crippen molar-refractivity contribution >= 4 is 17.9 Å². The summed E-state index contributed by atoms with van der Waals surface area (Å²) in [6.07, 6.45) is 0.453. The van der Waals surface area contributed by atoms with Crippen LogP contribution in [0.1, 0.15) is 27.7 Å². The fraction of sp³-hybridized carbons (Fsp3) is 0.643. The van der Waals surface area contributed by atoms with Gasteiger partial charge in [-0.3, -0.25) is 9.36 Å².